The Hall–Kier alpha value is -1.06. The van der Waals surface area contributed by atoms with Gasteiger partial charge in [-0.1, -0.05) is 44.9 Å². The molecular formula is C16H28N2O2. The molecule has 0 atom stereocenters. The molecule has 0 heterocycles. The van der Waals surface area contributed by atoms with Crippen LogP contribution >= 0.6 is 0 Å². The van der Waals surface area contributed by atoms with Gasteiger partial charge < -0.3 is 10.6 Å². The Labute approximate surface area is 122 Å². The average Bonchev–Trinajstić information content (AvgIpc) is 2.74. The maximum absolute atomic E-state index is 12.0. The van der Waals surface area contributed by atoms with Crippen LogP contribution in [0, 0.1) is 5.92 Å². The number of carbonyl (C=O) groups is 2. The molecule has 2 saturated carbocycles. The van der Waals surface area contributed by atoms with Gasteiger partial charge >= 0.3 is 0 Å². The summed E-state index contributed by atoms with van der Waals surface area (Å²) in [6.45, 7) is 0.145. The van der Waals surface area contributed by atoms with Gasteiger partial charge in [0.1, 0.15) is 0 Å². The fourth-order valence-electron chi connectivity index (χ4n) is 3.38. The summed E-state index contributed by atoms with van der Waals surface area (Å²) in [6.07, 6.45) is 12.6. The van der Waals surface area contributed by atoms with Gasteiger partial charge in [-0.3, -0.25) is 9.59 Å². The second-order valence-corrected chi connectivity index (χ2v) is 6.31. The molecule has 0 radical (unpaired) electrons. The van der Waals surface area contributed by atoms with Crippen molar-refractivity contribution in [2.75, 3.05) is 6.54 Å². The van der Waals surface area contributed by atoms with Gasteiger partial charge in [-0.15, -0.1) is 0 Å². The van der Waals surface area contributed by atoms with Crippen LogP contribution in [0.2, 0.25) is 0 Å². The van der Waals surface area contributed by atoms with Crippen LogP contribution in [-0.4, -0.2) is 24.4 Å². The number of amides is 2. The van der Waals surface area contributed by atoms with E-state index in [4.69, 9.17) is 0 Å². The molecule has 2 amide bonds. The Kier molecular flexibility index (Phi) is 6.34. The van der Waals surface area contributed by atoms with E-state index in [1.54, 1.807) is 0 Å². The average molecular weight is 280 g/mol. The zero-order chi connectivity index (χ0) is 14.2. The van der Waals surface area contributed by atoms with Gasteiger partial charge in [-0.05, 0) is 25.7 Å². The Balaban J connectivity index is 1.64. The lowest BCUT2D eigenvalue weighted by molar-refractivity contribution is -0.129. The number of hydrogen-bond donors (Lipinski definition) is 2. The first-order valence-corrected chi connectivity index (χ1v) is 8.33. The van der Waals surface area contributed by atoms with Crippen LogP contribution in [0.15, 0.2) is 0 Å². The van der Waals surface area contributed by atoms with Crippen molar-refractivity contribution in [1.29, 1.82) is 0 Å². The van der Waals surface area contributed by atoms with Crippen LogP contribution in [0.25, 0.3) is 0 Å². The highest BCUT2D eigenvalue weighted by molar-refractivity contribution is 5.85. The van der Waals surface area contributed by atoms with E-state index in [0.717, 1.165) is 38.5 Å². The minimum atomic E-state index is -0.0268. The van der Waals surface area contributed by atoms with E-state index < -0.39 is 0 Å². The van der Waals surface area contributed by atoms with E-state index in [9.17, 15) is 9.59 Å². The first kappa shape index (κ1) is 15.3. The molecule has 0 saturated heterocycles. The molecule has 0 unspecified atom stereocenters. The molecule has 0 bridgehead atoms. The third-order valence-electron chi connectivity index (χ3n) is 4.62. The summed E-state index contributed by atoms with van der Waals surface area (Å²) in [5.74, 6) is 0.177. The van der Waals surface area contributed by atoms with Gasteiger partial charge in [-0.2, -0.15) is 0 Å². The molecule has 4 nitrogen and oxygen atoms in total. The SMILES string of the molecule is O=C(CNC(=O)C1CCCCC1)NC1CCCCCC1. The van der Waals surface area contributed by atoms with Gasteiger partial charge in [0.25, 0.3) is 0 Å². The van der Waals surface area contributed by atoms with Gasteiger partial charge in [0.2, 0.25) is 11.8 Å². The zero-order valence-electron chi connectivity index (χ0n) is 12.5. The van der Waals surface area contributed by atoms with Crippen LogP contribution in [-0.2, 0) is 9.59 Å². The van der Waals surface area contributed by atoms with Crippen molar-refractivity contribution in [1.82, 2.24) is 10.6 Å². The lowest BCUT2D eigenvalue weighted by atomic mass is 9.89. The van der Waals surface area contributed by atoms with Gasteiger partial charge in [0.15, 0.2) is 0 Å². The molecule has 4 heteroatoms. The second kappa shape index (κ2) is 8.28. The van der Waals surface area contributed by atoms with Crippen molar-refractivity contribution in [2.24, 2.45) is 5.92 Å². The van der Waals surface area contributed by atoms with Crippen molar-refractivity contribution in [3.63, 3.8) is 0 Å². The minimum absolute atomic E-state index is 0.0268. The molecule has 2 rings (SSSR count). The second-order valence-electron chi connectivity index (χ2n) is 6.31. The van der Waals surface area contributed by atoms with Crippen molar-refractivity contribution < 1.29 is 9.59 Å². The Morgan fingerprint density at radius 1 is 0.800 bits per heavy atom. The molecule has 2 fully saturated rings. The molecule has 114 valence electrons. The van der Waals surface area contributed by atoms with Crippen molar-refractivity contribution >= 4 is 11.8 Å². The summed E-state index contributed by atoms with van der Waals surface area (Å²) >= 11 is 0. The summed E-state index contributed by atoms with van der Waals surface area (Å²) in [6, 6.07) is 0.316. The van der Waals surface area contributed by atoms with E-state index in [2.05, 4.69) is 10.6 Å². The Morgan fingerprint density at radius 2 is 1.35 bits per heavy atom. The van der Waals surface area contributed by atoms with Gasteiger partial charge in [0, 0.05) is 12.0 Å². The lowest BCUT2D eigenvalue weighted by Gasteiger charge is -2.21. The topological polar surface area (TPSA) is 58.2 Å². The van der Waals surface area contributed by atoms with Crippen molar-refractivity contribution in [3.8, 4) is 0 Å². The van der Waals surface area contributed by atoms with E-state index in [-0.39, 0.29) is 24.3 Å². The van der Waals surface area contributed by atoms with E-state index in [0.29, 0.717) is 6.04 Å². The Bertz CT molecular complexity index is 316. The highest BCUT2D eigenvalue weighted by Crippen LogP contribution is 2.23. The molecule has 0 aliphatic heterocycles. The summed E-state index contributed by atoms with van der Waals surface area (Å²) in [4.78, 5) is 23.8. The molecule has 2 aliphatic carbocycles. The molecule has 2 aliphatic rings. The molecule has 0 aromatic carbocycles. The van der Waals surface area contributed by atoms with Gasteiger partial charge in [-0.25, -0.2) is 0 Å². The summed E-state index contributed by atoms with van der Waals surface area (Å²) < 4.78 is 0. The molecule has 0 aromatic heterocycles. The molecule has 0 aromatic rings. The van der Waals surface area contributed by atoms with Crippen LogP contribution in [0.4, 0.5) is 0 Å². The lowest BCUT2D eigenvalue weighted by Crippen LogP contribution is -2.43. The fourth-order valence-corrected chi connectivity index (χ4v) is 3.38. The third-order valence-corrected chi connectivity index (χ3v) is 4.62. The number of hydrogen-bond acceptors (Lipinski definition) is 2. The van der Waals surface area contributed by atoms with Crippen LogP contribution < -0.4 is 10.6 Å². The largest absolute Gasteiger partial charge is 0.352 e. The highest BCUT2D eigenvalue weighted by Gasteiger charge is 2.21. The smallest absolute Gasteiger partial charge is 0.239 e. The molecule has 0 spiro atoms. The minimum Gasteiger partial charge on any atom is -0.352 e. The summed E-state index contributed by atoms with van der Waals surface area (Å²) in [7, 11) is 0. The zero-order valence-corrected chi connectivity index (χ0v) is 12.5. The van der Waals surface area contributed by atoms with E-state index >= 15 is 0 Å². The molecular weight excluding hydrogens is 252 g/mol. The van der Waals surface area contributed by atoms with Gasteiger partial charge in [0.05, 0.1) is 6.54 Å². The van der Waals surface area contributed by atoms with E-state index in [1.807, 2.05) is 0 Å². The highest BCUT2D eigenvalue weighted by atomic mass is 16.2. The quantitative estimate of drug-likeness (QED) is 0.777. The van der Waals surface area contributed by atoms with Crippen molar-refractivity contribution in [3.05, 3.63) is 0 Å². The monoisotopic (exact) mass is 280 g/mol. The van der Waals surface area contributed by atoms with Crippen LogP contribution in [0.5, 0.6) is 0 Å². The summed E-state index contributed by atoms with van der Waals surface area (Å²) in [5, 5.41) is 5.87. The molecule has 2 N–H and O–H groups in total. The van der Waals surface area contributed by atoms with Crippen LogP contribution in [0.3, 0.4) is 0 Å². The number of nitrogens with one attached hydrogen (secondary N) is 2. The van der Waals surface area contributed by atoms with Crippen molar-refractivity contribution in [2.45, 2.75) is 76.7 Å². The van der Waals surface area contributed by atoms with Crippen LogP contribution in [0.1, 0.15) is 70.6 Å². The normalized spacial score (nSPS) is 22.0. The fraction of sp³-hybridized carbons (Fsp3) is 0.875. The number of rotatable bonds is 4. The summed E-state index contributed by atoms with van der Waals surface area (Å²) in [5.41, 5.74) is 0. The predicted molar refractivity (Wildman–Crippen MR) is 79.2 cm³/mol. The number of carbonyl (C=O) groups excluding carboxylic acids is 2. The Morgan fingerprint density at radius 3 is 2.00 bits per heavy atom. The first-order valence-electron chi connectivity index (χ1n) is 8.33. The predicted octanol–water partition coefficient (Wildman–Crippen LogP) is 2.52. The first-order chi connectivity index (χ1) is 9.75. The van der Waals surface area contributed by atoms with E-state index in [1.165, 1.54) is 32.1 Å². The maximum Gasteiger partial charge on any atom is 0.239 e. The standard InChI is InChI=1S/C16H28N2O2/c19-15(18-14-10-6-1-2-7-11-14)12-17-16(20)13-8-4-3-5-9-13/h13-14H,1-12H2,(H,17,20)(H,18,19). The third kappa shape index (κ3) is 5.14. The molecule has 20 heavy (non-hydrogen) atoms. The maximum atomic E-state index is 12.0.